The maximum atomic E-state index is 12.8. The largest absolute Gasteiger partial charge is 0.448 e. The van der Waals surface area contributed by atoms with E-state index < -0.39 is 18.0 Å². The van der Waals surface area contributed by atoms with Crippen molar-refractivity contribution in [3.8, 4) is 0 Å². The number of aryl methyl sites for hydroxylation is 1. The Morgan fingerprint density at radius 3 is 2.40 bits per heavy atom. The van der Waals surface area contributed by atoms with Gasteiger partial charge >= 0.3 is 5.97 Å². The first-order valence-corrected chi connectivity index (χ1v) is 10.0. The van der Waals surface area contributed by atoms with Gasteiger partial charge in [-0.25, -0.2) is 9.48 Å². The number of halogens is 2. The van der Waals surface area contributed by atoms with E-state index in [0.717, 1.165) is 0 Å². The summed E-state index contributed by atoms with van der Waals surface area (Å²) < 4.78 is 6.55. The van der Waals surface area contributed by atoms with Crippen molar-refractivity contribution in [1.29, 1.82) is 0 Å². The predicted molar refractivity (Wildman–Crippen MR) is 116 cm³/mol. The maximum absolute atomic E-state index is 12.8. The van der Waals surface area contributed by atoms with Gasteiger partial charge in [-0.05, 0) is 37.6 Å². The molecule has 0 aliphatic carbocycles. The summed E-state index contributed by atoms with van der Waals surface area (Å²) in [6, 6.07) is 11.2. The normalized spacial score (nSPS) is 11.9. The van der Waals surface area contributed by atoms with E-state index in [-0.39, 0.29) is 11.3 Å². The Balaban J connectivity index is 1.84. The summed E-state index contributed by atoms with van der Waals surface area (Å²) in [7, 11) is 0. The quantitative estimate of drug-likeness (QED) is 0.568. The van der Waals surface area contributed by atoms with Crippen LogP contribution in [0.1, 0.15) is 30.8 Å². The summed E-state index contributed by atoms with van der Waals surface area (Å²) in [6.45, 7) is 3.69. The molecule has 1 amide bonds. The van der Waals surface area contributed by atoms with Gasteiger partial charge in [0.2, 0.25) is 0 Å². The average molecular weight is 448 g/mol. The Hall–Kier alpha value is -2.90. The smallest absolute Gasteiger partial charge is 0.360 e. The summed E-state index contributed by atoms with van der Waals surface area (Å²) in [5.41, 5.74) is 0.0668. The number of fused-ring (bicyclic) bond motifs is 1. The number of hydrogen-bond acceptors (Lipinski definition) is 5. The van der Waals surface area contributed by atoms with Gasteiger partial charge in [0.15, 0.2) is 11.8 Å². The van der Waals surface area contributed by atoms with Crippen LogP contribution in [0.5, 0.6) is 0 Å². The van der Waals surface area contributed by atoms with E-state index >= 15 is 0 Å². The zero-order valence-electron chi connectivity index (χ0n) is 16.3. The van der Waals surface area contributed by atoms with Crippen LogP contribution in [-0.4, -0.2) is 27.8 Å². The number of ether oxygens (including phenoxy) is 1. The molecule has 3 rings (SSSR count). The van der Waals surface area contributed by atoms with Gasteiger partial charge in [0.1, 0.15) is 0 Å². The van der Waals surface area contributed by atoms with Crippen LogP contribution in [0.2, 0.25) is 10.0 Å². The van der Waals surface area contributed by atoms with Crippen LogP contribution in [0.15, 0.2) is 47.3 Å². The molecule has 30 heavy (non-hydrogen) atoms. The van der Waals surface area contributed by atoms with Gasteiger partial charge in [-0.15, -0.1) is 0 Å². The standard InChI is InChI=1S/C21H19Cl2N3O4/c1-3-8-26-20(28)17-7-5-4-6-16(17)18(25-26)21(29)30-12(2)19(27)24-15-10-13(22)9-14(23)11-15/h4-7,9-12H,3,8H2,1-2H3,(H,24,27). The molecule has 3 aromatic rings. The number of nitrogens with one attached hydrogen (secondary N) is 1. The summed E-state index contributed by atoms with van der Waals surface area (Å²) in [5, 5.41) is 8.21. The lowest BCUT2D eigenvalue weighted by atomic mass is 10.1. The van der Waals surface area contributed by atoms with Gasteiger partial charge in [0.25, 0.3) is 11.5 Å². The number of esters is 1. The average Bonchev–Trinajstić information content (AvgIpc) is 2.69. The SMILES string of the molecule is CCCn1nc(C(=O)OC(C)C(=O)Nc2cc(Cl)cc(Cl)c2)c2ccccc2c1=O. The molecule has 1 heterocycles. The number of carbonyl (C=O) groups is 2. The fraction of sp³-hybridized carbons (Fsp3) is 0.238. The predicted octanol–water partition coefficient (Wildman–Crippen LogP) is 4.30. The number of benzene rings is 2. The number of amides is 1. The number of aromatic nitrogens is 2. The van der Waals surface area contributed by atoms with E-state index in [2.05, 4.69) is 10.4 Å². The Kier molecular flexibility index (Phi) is 6.74. The fourth-order valence-corrected chi connectivity index (χ4v) is 3.42. The van der Waals surface area contributed by atoms with Crippen molar-refractivity contribution in [3.05, 3.63) is 68.6 Å². The highest BCUT2D eigenvalue weighted by molar-refractivity contribution is 6.35. The highest BCUT2D eigenvalue weighted by Gasteiger charge is 2.23. The molecular weight excluding hydrogens is 429 g/mol. The summed E-state index contributed by atoms with van der Waals surface area (Å²) in [4.78, 5) is 37.8. The molecule has 0 fully saturated rings. The molecule has 7 nitrogen and oxygen atoms in total. The topological polar surface area (TPSA) is 90.3 Å². The van der Waals surface area contributed by atoms with Crippen LogP contribution in [0.25, 0.3) is 10.8 Å². The number of hydrogen-bond donors (Lipinski definition) is 1. The molecule has 0 aliphatic rings. The van der Waals surface area contributed by atoms with Crippen molar-refractivity contribution in [2.75, 3.05) is 5.32 Å². The number of nitrogens with zero attached hydrogens (tertiary/aromatic N) is 2. The molecule has 0 spiro atoms. The van der Waals surface area contributed by atoms with Gasteiger partial charge in [0.05, 0.1) is 5.39 Å². The molecule has 1 atom stereocenters. The lowest BCUT2D eigenvalue weighted by Crippen LogP contribution is -2.32. The van der Waals surface area contributed by atoms with Gasteiger partial charge < -0.3 is 10.1 Å². The molecule has 0 saturated carbocycles. The van der Waals surface area contributed by atoms with Crippen LogP contribution >= 0.6 is 23.2 Å². The second-order valence-corrected chi connectivity index (χ2v) is 7.49. The third-order valence-corrected chi connectivity index (χ3v) is 4.72. The third-order valence-electron chi connectivity index (χ3n) is 4.28. The first-order chi connectivity index (χ1) is 14.3. The van der Waals surface area contributed by atoms with E-state index in [1.165, 1.54) is 29.8 Å². The van der Waals surface area contributed by atoms with Crippen LogP contribution < -0.4 is 10.9 Å². The van der Waals surface area contributed by atoms with Gasteiger partial charge in [-0.2, -0.15) is 5.10 Å². The highest BCUT2D eigenvalue weighted by Crippen LogP contribution is 2.23. The van der Waals surface area contributed by atoms with Crippen LogP contribution in [0.3, 0.4) is 0 Å². The monoisotopic (exact) mass is 447 g/mol. The second kappa shape index (κ2) is 9.28. The Bertz CT molecular complexity index is 1160. The van der Waals surface area contributed by atoms with E-state index in [4.69, 9.17) is 27.9 Å². The molecule has 1 aromatic heterocycles. The van der Waals surface area contributed by atoms with Crippen molar-refractivity contribution in [2.24, 2.45) is 0 Å². The third kappa shape index (κ3) is 4.80. The minimum atomic E-state index is -1.12. The first-order valence-electron chi connectivity index (χ1n) is 9.28. The first kappa shape index (κ1) is 21.8. The van der Waals surface area contributed by atoms with Crippen LogP contribution in [0.4, 0.5) is 5.69 Å². The number of rotatable bonds is 6. The highest BCUT2D eigenvalue weighted by atomic mass is 35.5. The van der Waals surface area contributed by atoms with Crippen molar-refractivity contribution in [2.45, 2.75) is 32.9 Å². The van der Waals surface area contributed by atoms with E-state index in [0.29, 0.717) is 39.5 Å². The summed E-state index contributed by atoms with van der Waals surface area (Å²) in [5.74, 6) is -1.37. The fourth-order valence-electron chi connectivity index (χ4n) is 2.89. The minimum Gasteiger partial charge on any atom is -0.448 e. The van der Waals surface area contributed by atoms with Gasteiger partial charge in [0, 0.05) is 27.7 Å². The Morgan fingerprint density at radius 1 is 1.13 bits per heavy atom. The molecule has 1 unspecified atom stereocenters. The zero-order chi connectivity index (χ0) is 21.8. The second-order valence-electron chi connectivity index (χ2n) is 6.62. The molecule has 156 valence electrons. The van der Waals surface area contributed by atoms with Crippen molar-refractivity contribution < 1.29 is 14.3 Å². The molecule has 2 aromatic carbocycles. The lowest BCUT2D eigenvalue weighted by Gasteiger charge is -2.15. The molecule has 1 N–H and O–H groups in total. The molecule has 0 aliphatic heterocycles. The molecule has 9 heteroatoms. The van der Waals surface area contributed by atoms with Gasteiger partial charge in [-0.1, -0.05) is 48.3 Å². The minimum absolute atomic E-state index is 0.0240. The van der Waals surface area contributed by atoms with Crippen LogP contribution in [0, 0.1) is 0 Å². The zero-order valence-corrected chi connectivity index (χ0v) is 17.8. The summed E-state index contributed by atoms with van der Waals surface area (Å²) in [6.07, 6.45) is -0.455. The lowest BCUT2D eigenvalue weighted by molar-refractivity contribution is -0.123. The van der Waals surface area contributed by atoms with Crippen LogP contribution in [-0.2, 0) is 16.1 Å². The molecule has 0 saturated heterocycles. The number of anilines is 1. The molecular formula is C21H19Cl2N3O4. The molecule has 0 radical (unpaired) electrons. The Labute approximate surface area is 182 Å². The maximum Gasteiger partial charge on any atom is 0.360 e. The van der Waals surface area contributed by atoms with E-state index in [1.54, 1.807) is 24.3 Å². The van der Waals surface area contributed by atoms with Crippen molar-refractivity contribution in [3.63, 3.8) is 0 Å². The van der Waals surface area contributed by atoms with Crippen molar-refractivity contribution in [1.82, 2.24) is 9.78 Å². The van der Waals surface area contributed by atoms with Gasteiger partial charge in [-0.3, -0.25) is 9.59 Å². The molecule has 0 bridgehead atoms. The Morgan fingerprint density at radius 2 is 1.77 bits per heavy atom. The van der Waals surface area contributed by atoms with Crippen molar-refractivity contribution >= 4 is 51.5 Å². The van der Waals surface area contributed by atoms with E-state index in [9.17, 15) is 14.4 Å². The van der Waals surface area contributed by atoms with E-state index in [1.807, 2.05) is 6.92 Å². The number of carbonyl (C=O) groups excluding carboxylic acids is 2. The summed E-state index contributed by atoms with van der Waals surface area (Å²) >= 11 is 11.9.